The molecule has 18 nitrogen and oxygen atoms in total. The highest BCUT2D eigenvalue weighted by Crippen LogP contribution is 2.26. The van der Waals surface area contributed by atoms with Gasteiger partial charge in [0, 0.05) is 37.3 Å². The number of alkyl carbamates (subject to hydrolysis) is 1. The van der Waals surface area contributed by atoms with Crippen LogP contribution in [0.5, 0.6) is 11.5 Å². The van der Waals surface area contributed by atoms with Gasteiger partial charge in [-0.1, -0.05) is 48.5 Å². The lowest BCUT2D eigenvalue weighted by molar-refractivity contribution is -0.275. The summed E-state index contributed by atoms with van der Waals surface area (Å²) in [6.07, 6.45) is -9.58. The molecule has 4 aromatic carbocycles. The predicted octanol–water partition coefficient (Wildman–Crippen LogP) is 6.04. The number of hydrogen-bond acceptors (Lipinski definition) is 13. The average Bonchev–Trinajstić information content (AvgIpc) is 3.32. The molecule has 2 atom stereocenters. The van der Waals surface area contributed by atoms with Gasteiger partial charge in [0.05, 0.1) is 27.1 Å². The first-order valence-corrected chi connectivity index (χ1v) is 22.2. The Morgan fingerprint density at radius 3 is 1.27 bits per heavy atom. The molecule has 4 rings (SSSR count). The third-order valence-electron chi connectivity index (χ3n) is 9.67. The predicted molar refractivity (Wildman–Crippen MR) is 250 cm³/mol. The lowest BCUT2D eigenvalue weighted by atomic mass is 10.1. The van der Waals surface area contributed by atoms with Crippen LogP contribution in [0.25, 0.3) is 0 Å². The Kier molecular flexibility index (Phi) is 23.0. The van der Waals surface area contributed by atoms with Gasteiger partial charge in [0.2, 0.25) is 11.8 Å². The zero-order valence-corrected chi connectivity index (χ0v) is 40.3. The second-order valence-corrected chi connectivity index (χ2v) is 16.4. The van der Waals surface area contributed by atoms with Gasteiger partial charge < -0.3 is 56.0 Å². The lowest BCUT2D eigenvalue weighted by Crippen LogP contribution is -2.43. The van der Waals surface area contributed by atoms with Gasteiger partial charge in [0.1, 0.15) is 29.2 Å². The van der Waals surface area contributed by atoms with Gasteiger partial charge >= 0.3 is 30.8 Å². The summed E-state index contributed by atoms with van der Waals surface area (Å²) in [5.74, 6) is -3.51. The molecule has 5 amide bonds. The van der Waals surface area contributed by atoms with Crippen molar-refractivity contribution in [1.82, 2.24) is 26.6 Å². The van der Waals surface area contributed by atoms with Gasteiger partial charge in [-0.15, -0.1) is 26.3 Å². The van der Waals surface area contributed by atoms with Gasteiger partial charge in [-0.2, -0.15) is 0 Å². The number of nitrogens with two attached hydrogens (primary N) is 1. The van der Waals surface area contributed by atoms with E-state index in [1.807, 2.05) is 0 Å². The van der Waals surface area contributed by atoms with Crippen LogP contribution in [0.4, 0.5) is 31.1 Å². The minimum atomic E-state index is -4.88. The van der Waals surface area contributed by atoms with Crippen molar-refractivity contribution in [1.29, 1.82) is 0 Å². The van der Waals surface area contributed by atoms with Gasteiger partial charge in [-0.25, -0.2) is 4.79 Å². The summed E-state index contributed by atoms with van der Waals surface area (Å²) in [5, 5.41) is 13.0. The molecular weight excluding hydrogens is 979 g/mol. The highest BCUT2D eigenvalue weighted by atomic mass is 19.4. The van der Waals surface area contributed by atoms with Crippen LogP contribution in [0.15, 0.2) is 97.1 Å². The molecule has 0 radical (unpaired) electrons. The largest absolute Gasteiger partial charge is 0.573 e. The monoisotopic (exact) mass is 1030 g/mol. The highest BCUT2D eigenvalue weighted by Gasteiger charge is 2.32. The van der Waals surface area contributed by atoms with E-state index in [1.54, 1.807) is 69.3 Å². The first-order valence-electron chi connectivity index (χ1n) is 22.2. The van der Waals surface area contributed by atoms with E-state index in [-0.39, 0.29) is 56.4 Å². The fourth-order valence-electron chi connectivity index (χ4n) is 6.10. The summed E-state index contributed by atoms with van der Waals surface area (Å²) in [4.78, 5) is 84.0. The fourth-order valence-corrected chi connectivity index (χ4v) is 6.10. The van der Waals surface area contributed by atoms with Crippen molar-refractivity contribution < 1.29 is 83.6 Å². The Morgan fingerprint density at radius 1 is 0.521 bits per heavy atom. The number of halogens is 6. The highest BCUT2D eigenvalue weighted by molar-refractivity contribution is 5.95. The Morgan fingerprint density at radius 2 is 0.904 bits per heavy atom. The van der Waals surface area contributed by atoms with E-state index >= 15 is 0 Å². The smallest absolute Gasteiger partial charge is 0.469 e. The quantitative estimate of drug-likeness (QED) is 0.0317. The van der Waals surface area contributed by atoms with Crippen molar-refractivity contribution in [2.24, 2.45) is 5.73 Å². The maximum absolute atomic E-state index is 13.0. The molecule has 0 aliphatic heterocycles. The Bertz CT molecular complexity index is 2450. The van der Waals surface area contributed by atoms with E-state index in [2.05, 4.69) is 45.5 Å². The molecule has 0 spiro atoms. The zero-order valence-electron chi connectivity index (χ0n) is 40.3. The molecule has 0 aliphatic rings. The number of amides is 5. The molecule has 24 heteroatoms. The van der Waals surface area contributed by atoms with Crippen LogP contribution >= 0.6 is 0 Å². The van der Waals surface area contributed by atoms with Crippen LogP contribution < -0.4 is 41.8 Å². The number of nitrogens with one attached hydrogen (secondary N) is 5. The molecular formula is C49H56F6N6O12. The molecule has 0 aliphatic carbocycles. The molecule has 0 aromatic heterocycles. The zero-order chi connectivity index (χ0) is 54.4. The van der Waals surface area contributed by atoms with Gasteiger partial charge in [-0.05, 0) is 104 Å². The summed E-state index contributed by atoms with van der Waals surface area (Å²) in [6.45, 7) is 5.65. The molecule has 0 saturated carbocycles. The third-order valence-corrected chi connectivity index (χ3v) is 9.67. The van der Waals surface area contributed by atoms with E-state index in [4.69, 9.17) is 10.5 Å². The van der Waals surface area contributed by atoms with Crippen LogP contribution in [-0.2, 0) is 46.2 Å². The maximum Gasteiger partial charge on any atom is 0.573 e. The maximum atomic E-state index is 13.0. The van der Waals surface area contributed by atoms with Crippen molar-refractivity contribution >= 4 is 41.7 Å². The van der Waals surface area contributed by atoms with Crippen LogP contribution in [-0.4, -0.2) is 100 Å². The number of alkyl halides is 6. The van der Waals surface area contributed by atoms with Gasteiger partial charge in [0.25, 0.3) is 11.8 Å². The molecule has 0 heterocycles. The van der Waals surface area contributed by atoms with Crippen molar-refractivity contribution in [3.05, 3.63) is 130 Å². The van der Waals surface area contributed by atoms with Crippen molar-refractivity contribution in [2.45, 2.75) is 76.9 Å². The van der Waals surface area contributed by atoms with E-state index in [0.717, 1.165) is 35.4 Å². The Hall–Kier alpha value is -7.89. The lowest BCUT2D eigenvalue weighted by Gasteiger charge is -2.23. The van der Waals surface area contributed by atoms with Crippen molar-refractivity contribution in [2.75, 3.05) is 40.4 Å². The van der Waals surface area contributed by atoms with Crippen LogP contribution in [0, 0.1) is 0 Å². The topological polar surface area (TPSA) is 252 Å². The van der Waals surface area contributed by atoms with E-state index < -0.39 is 71.8 Å². The van der Waals surface area contributed by atoms with E-state index in [0.29, 0.717) is 29.5 Å². The van der Waals surface area contributed by atoms with Crippen molar-refractivity contribution in [3.63, 3.8) is 0 Å². The minimum absolute atomic E-state index is 0.0509. The summed E-state index contributed by atoms with van der Waals surface area (Å²) < 4.78 is 96.0. The summed E-state index contributed by atoms with van der Waals surface area (Å²) >= 11 is 0. The number of methoxy groups -OCH3 is 2. The van der Waals surface area contributed by atoms with Crippen LogP contribution in [0.2, 0.25) is 0 Å². The molecule has 0 saturated heterocycles. The molecule has 0 fully saturated rings. The summed E-state index contributed by atoms with van der Waals surface area (Å²) in [6, 6.07) is 20.3. The molecule has 2 unspecified atom stereocenters. The molecule has 4 aromatic rings. The number of carbonyl (C=O) groups excluding carboxylic acids is 7. The first-order chi connectivity index (χ1) is 34.2. The number of carbonyl (C=O) groups is 7. The van der Waals surface area contributed by atoms with E-state index in [1.165, 1.54) is 38.5 Å². The summed E-state index contributed by atoms with van der Waals surface area (Å²) in [5.41, 5.74) is 8.04. The van der Waals surface area contributed by atoms with Crippen LogP contribution in [0.3, 0.4) is 0 Å². The Balaban J connectivity index is 0.000000392. The summed E-state index contributed by atoms with van der Waals surface area (Å²) in [7, 11) is 2.53. The molecule has 73 heavy (non-hydrogen) atoms. The SMILES string of the molecule is COC(=O)CCNC(=O)c1ccc(CCNC(=O)C(N)c2ccc(OC(F)(F)F)cc2)cc1.COC(=O)CCNC(=O)c1ccc(CCNC(=O)C(NC(=O)OC(C)(C)C)c2ccc(OC(F)(F)F)cc2)cc1. The number of rotatable bonds is 21. The van der Waals surface area contributed by atoms with Gasteiger partial charge in [-0.3, -0.25) is 28.8 Å². The first kappa shape index (κ1) is 59.4. The second kappa shape index (κ2) is 28.2. The number of benzene rings is 4. The van der Waals surface area contributed by atoms with Gasteiger partial charge in [0.15, 0.2) is 0 Å². The minimum Gasteiger partial charge on any atom is -0.469 e. The van der Waals surface area contributed by atoms with E-state index in [9.17, 15) is 59.9 Å². The number of ether oxygens (including phenoxy) is 5. The third kappa shape index (κ3) is 23.3. The van der Waals surface area contributed by atoms with Crippen LogP contribution in [0.1, 0.15) is 88.7 Å². The standard InChI is InChI=1S/C27H32F3N3O7.C22H24F3N3O5/c1-26(2,3)40-25(37)33-22(18-9-11-20(12-10-18)39-27(28,29)30)24(36)32-15-13-17-5-7-19(8-6-17)23(35)31-16-14-21(34)38-4;1-32-18(29)11-13-27-20(30)16-4-2-14(3-5-16)10-12-28-21(31)19(26)15-6-8-17(9-7-15)33-22(23,24)25/h5-12,22H,13-16H2,1-4H3,(H,31,35)(H,32,36)(H,33,37);2-9,19H,10-13,26H2,1H3,(H,27,30)(H,28,31). The molecule has 0 bridgehead atoms. The second-order valence-electron chi connectivity index (χ2n) is 16.4. The molecule has 396 valence electrons. The number of esters is 2. The average molecular weight is 1040 g/mol. The number of hydrogen-bond donors (Lipinski definition) is 6. The van der Waals surface area contributed by atoms with Crippen molar-refractivity contribution in [3.8, 4) is 11.5 Å². The Labute approximate surface area is 416 Å². The molecule has 7 N–H and O–H groups in total. The fraction of sp³-hybridized carbons (Fsp3) is 0.367. The normalized spacial score (nSPS) is 12.0.